The van der Waals surface area contributed by atoms with Crippen molar-refractivity contribution in [2.75, 3.05) is 0 Å². The zero-order valence-electron chi connectivity index (χ0n) is 8.87. The maximum Gasteiger partial charge on any atom is 0.320 e. The summed E-state index contributed by atoms with van der Waals surface area (Å²) in [5.74, 6) is -0.681. The van der Waals surface area contributed by atoms with Crippen LogP contribution in [0.5, 0.6) is 0 Å². The van der Waals surface area contributed by atoms with Gasteiger partial charge >= 0.3 is 5.97 Å². The molecule has 0 unspecified atom stereocenters. The molecule has 1 rings (SSSR count). The molecule has 0 radical (unpaired) electrons. The van der Waals surface area contributed by atoms with Gasteiger partial charge in [0, 0.05) is 11.6 Å². The molecular weight excluding hydrogens is 166 g/mol. The summed E-state index contributed by atoms with van der Waals surface area (Å²) < 4.78 is 0. The van der Waals surface area contributed by atoms with Gasteiger partial charge in [0.1, 0.15) is 6.04 Å². The van der Waals surface area contributed by atoms with Crippen LogP contribution in [-0.2, 0) is 4.79 Å². The maximum absolute atomic E-state index is 11.0. The van der Waals surface area contributed by atoms with Crippen LogP contribution in [0.25, 0.3) is 0 Å². The second-order valence-electron chi connectivity index (χ2n) is 4.86. The monoisotopic (exact) mass is 185 g/mol. The average Bonchev–Trinajstić information content (AvgIpc) is 2.28. The molecule has 0 aromatic rings. The van der Waals surface area contributed by atoms with Gasteiger partial charge in [-0.2, -0.15) is 0 Å². The highest BCUT2D eigenvalue weighted by Gasteiger charge is 2.41. The Labute approximate surface area is 79.7 Å². The van der Waals surface area contributed by atoms with Crippen LogP contribution >= 0.6 is 0 Å². The number of carboxylic acids is 1. The molecule has 0 aliphatic carbocycles. The Kier molecular flexibility index (Phi) is 2.66. The molecule has 0 spiro atoms. The Bertz CT molecular complexity index is 207. The predicted molar refractivity (Wildman–Crippen MR) is 51.7 cm³/mol. The van der Waals surface area contributed by atoms with E-state index in [9.17, 15) is 4.79 Å². The SMILES string of the molecule is C[C@@H]1CC[C@@H](C(=O)O)N1C(C)(C)C. The lowest BCUT2D eigenvalue weighted by Gasteiger charge is -2.38. The van der Waals surface area contributed by atoms with E-state index in [0.717, 1.165) is 12.8 Å². The van der Waals surface area contributed by atoms with Gasteiger partial charge in [0.15, 0.2) is 0 Å². The van der Waals surface area contributed by atoms with E-state index >= 15 is 0 Å². The fourth-order valence-corrected chi connectivity index (χ4v) is 2.36. The number of hydrogen-bond acceptors (Lipinski definition) is 2. The van der Waals surface area contributed by atoms with Crippen molar-refractivity contribution < 1.29 is 9.90 Å². The highest BCUT2D eigenvalue weighted by molar-refractivity contribution is 5.74. The van der Waals surface area contributed by atoms with E-state index < -0.39 is 5.97 Å². The van der Waals surface area contributed by atoms with Gasteiger partial charge in [0.05, 0.1) is 0 Å². The predicted octanol–water partition coefficient (Wildman–Crippen LogP) is 1.72. The summed E-state index contributed by atoms with van der Waals surface area (Å²) in [6.07, 6.45) is 1.78. The number of carbonyl (C=O) groups is 1. The van der Waals surface area contributed by atoms with E-state index in [1.54, 1.807) is 0 Å². The summed E-state index contributed by atoms with van der Waals surface area (Å²) in [5.41, 5.74) is -0.0427. The van der Waals surface area contributed by atoms with E-state index in [1.807, 2.05) is 0 Å². The molecule has 0 amide bonds. The zero-order chi connectivity index (χ0) is 10.2. The smallest absolute Gasteiger partial charge is 0.320 e. The Morgan fingerprint density at radius 1 is 1.38 bits per heavy atom. The van der Waals surface area contributed by atoms with Gasteiger partial charge < -0.3 is 5.11 Å². The standard InChI is InChI=1S/C10H19NO2/c1-7-5-6-8(9(12)13)11(7)10(2,3)4/h7-8H,5-6H2,1-4H3,(H,12,13)/t7-,8+/m1/s1. The van der Waals surface area contributed by atoms with Crippen molar-refractivity contribution >= 4 is 5.97 Å². The molecule has 0 aromatic heterocycles. The van der Waals surface area contributed by atoms with Crippen LogP contribution in [0.3, 0.4) is 0 Å². The summed E-state index contributed by atoms with van der Waals surface area (Å²) in [6, 6.07) is 0.107. The number of rotatable bonds is 1. The highest BCUT2D eigenvalue weighted by atomic mass is 16.4. The van der Waals surface area contributed by atoms with Crippen LogP contribution in [0, 0.1) is 0 Å². The first-order valence-electron chi connectivity index (χ1n) is 4.85. The number of hydrogen-bond donors (Lipinski definition) is 1. The Morgan fingerprint density at radius 2 is 1.92 bits per heavy atom. The van der Waals surface area contributed by atoms with Crippen LogP contribution < -0.4 is 0 Å². The quantitative estimate of drug-likeness (QED) is 0.676. The number of likely N-dealkylation sites (tertiary alicyclic amines) is 1. The van der Waals surface area contributed by atoms with Gasteiger partial charge in [-0.15, -0.1) is 0 Å². The topological polar surface area (TPSA) is 40.5 Å². The van der Waals surface area contributed by atoms with E-state index in [4.69, 9.17) is 5.11 Å². The Morgan fingerprint density at radius 3 is 2.23 bits per heavy atom. The number of aliphatic carboxylic acids is 1. The first kappa shape index (κ1) is 10.5. The molecular formula is C10H19NO2. The molecule has 0 aromatic carbocycles. The largest absolute Gasteiger partial charge is 0.480 e. The van der Waals surface area contributed by atoms with Gasteiger partial charge in [-0.1, -0.05) is 0 Å². The number of nitrogens with zero attached hydrogens (tertiary/aromatic N) is 1. The van der Waals surface area contributed by atoms with Crippen LogP contribution in [-0.4, -0.2) is 33.6 Å². The van der Waals surface area contributed by atoms with E-state index in [1.165, 1.54) is 0 Å². The van der Waals surface area contributed by atoms with E-state index in [-0.39, 0.29) is 11.6 Å². The number of carboxylic acid groups (broad SMARTS) is 1. The lowest BCUT2D eigenvalue weighted by Crippen LogP contribution is -2.50. The fourth-order valence-electron chi connectivity index (χ4n) is 2.36. The third-order valence-electron chi connectivity index (χ3n) is 2.73. The van der Waals surface area contributed by atoms with Gasteiger partial charge in [0.25, 0.3) is 0 Å². The zero-order valence-corrected chi connectivity index (χ0v) is 8.87. The van der Waals surface area contributed by atoms with Crippen molar-refractivity contribution in [3.8, 4) is 0 Å². The molecule has 2 atom stereocenters. The summed E-state index contributed by atoms with van der Waals surface area (Å²) in [4.78, 5) is 13.1. The second-order valence-corrected chi connectivity index (χ2v) is 4.86. The first-order chi connectivity index (χ1) is 5.84. The van der Waals surface area contributed by atoms with Gasteiger partial charge in [0.2, 0.25) is 0 Å². The highest BCUT2D eigenvalue weighted by Crippen LogP contribution is 2.31. The van der Waals surface area contributed by atoms with Crippen LogP contribution in [0.4, 0.5) is 0 Å². The summed E-state index contributed by atoms with van der Waals surface area (Å²) >= 11 is 0. The van der Waals surface area contributed by atoms with Crippen molar-refractivity contribution in [2.24, 2.45) is 0 Å². The summed E-state index contributed by atoms with van der Waals surface area (Å²) in [5, 5.41) is 9.02. The molecule has 1 aliphatic rings. The van der Waals surface area contributed by atoms with Gasteiger partial charge in [-0.05, 0) is 40.5 Å². The minimum Gasteiger partial charge on any atom is -0.480 e. The molecule has 1 fully saturated rings. The lowest BCUT2D eigenvalue weighted by molar-refractivity contribution is -0.144. The molecule has 1 saturated heterocycles. The third kappa shape index (κ3) is 2.02. The molecule has 1 N–H and O–H groups in total. The second kappa shape index (κ2) is 3.29. The minimum atomic E-state index is -0.681. The molecule has 1 aliphatic heterocycles. The molecule has 3 nitrogen and oxygen atoms in total. The van der Waals surface area contributed by atoms with Crippen molar-refractivity contribution in [2.45, 2.75) is 58.2 Å². The normalized spacial score (nSPS) is 30.8. The first-order valence-corrected chi connectivity index (χ1v) is 4.85. The lowest BCUT2D eigenvalue weighted by atomic mass is 10.0. The molecule has 13 heavy (non-hydrogen) atoms. The summed E-state index contributed by atoms with van der Waals surface area (Å²) in [6.45, 7) is 8.33. The minimum absolute atomic E-state index is 0.0427. The van der Waals surface area contributed by atoms with Crippen molar-refractivity contribution in [3.05, 3.63) is 0 Å². The molecule has 0 saturated carbocycles. The van der Waals surface area contributed by atoms with Gasteiger partial charge in [-0.25, -0.2) is 0 Å². The van der Waals surface area contributed by atoms with Crippen LogP contribution in [0.15, 0.2) is 0 Å². The molecule has 1 heterocycles. The van der Waals surface area contributed by atoms with E-state index in [2.05, 4.69) is 32.6 Å². The van der Waals surface area contributed by atoms with Crippen molar-refractivity contribution in [1.29, 1.82) is 0 Å². The van der Waals surface area contributed by atoms with Crippen molar-refractivity contribution in [3.63, 3.8) is 0 Å². The third-order valence-corrected chi connectivity index (χ3v) is 2.73. The fraction of sp³-hybridized carbons (Fsp3) is 0.900. The Balaban J connectivity index is 2.83. The van der Waals surface area contributed by atoms with Crippen LogP contribution in [0.1, 0.15) is 40.5 Å². The maximum atomic E-state index is 11.0. The molecule has 3 heteroatoms. The molecule has 0 bridgehead atoms. The van der Waals surface area contributed by atoms with E-state index in [0.29, 0.717) is 6.04 Å². The van der Waals surface area contributed by atoms with Crippen LogP contribution in [0.2, 0.25) is 0 Å². The molecule has 76 valence electrons. The van der Waals surface area contributed by atoms with Gasteiger partial charge in [-0.3, -0.25) is 9.69 Å². The summed E-state index contributed by atoms with van der Waals surface area (Å²) in [7, 11) is 0. The Hall–Kier alpha value is -0.570. The average molecular weight is 185 g/mol. The van der Waals surface area contributed by atoms with Crippen molar-refractivity contribution in [1.82, 2.24) is 4.90 Å².